The zero-order chi connectivity index (χ0) is 15.4. The van der Waals surface area contributed by atoms with E-state index in [0.29, 0.717) is 5.56 Å². The molecule has 2 aromatic carbocycles. The van der Waals surface area contributed by atoms with E-state index in [9.17, 15) is 9.90 Å². The van der Waals surface area contributed by atoms with Crippen molar-refractivity contribution in [3.05, 3.63) is 63.6 Å². The molecule has 0 radical (unpaired) electrons. The summed E-state index contributed by atoms with van der Waals surface area (Å²) < 4.78 is 5.97. The summed E-state index contributed by atoms with van der Waals surface area (Å²) in [6.45, 7) is 1.88. The quantitative estimate of drug-likeness (QED) is 0.660. The third-order valence-electron chi connectivity index (χ3n) is 3.02. The van der Waals surface area contributed by atoms with Crippen LogP contribution in [0.5, 0.6) is 11.5 Å². The number of halogens is 1. The Balaban J connectivity index is 2.22. The Morgan fingerprint density at radius 2 is 2.00 bits per heavy atom. The van der Waals surface area contributed by atoms with Gasteiger partial charge in [-0.15, -0.1) is 0 Å². The fourth-order valence-corrected chi connectivity index (χ4v) is 2.45. The Labute approximate surface area is 132 Å². The second-order valence-electron chi connectivity index (χ2n) is 4.61. The Morgan fingerprint density at radius 1 is 1.24 bits per heavy atom. The highest BCUT2D eigenvalue weighted by atomic mass is 79.9. The van der Waals surface area contributed by atoms with Gasteiger partial charge in [0.2, 0.25) is 0 Å². The van der Waals surface area contributed by atoms with Gasteiger partial charge in [-0.05, 0) is 58.8 Å². The molecule has 0 heterocycles. The number of aryl methyl sites for hydroxylation is 1. The fraction of sp³-hybridized carbons (Fsp3) is 0.118. The zero-order valence-corrected chi connectivity index (χ0v) is 13.3. The molecule has 0 saturated carbocycles. The van der Waals surface area contributed by atoms with E-state index in [-0.39, 0.29) is 11.5 Å². The highest BCUT2D eigenvalue weighted by molar-refractivity contribution is 9.10. The van der Waals surface area contributed by atoms with Gasteiger partial charge in [-0.3, -0.25) is 4.79 Å². The van der Waals surface area contributed by atoms with Gasteiger partial charge in [-0.2, -0.15) is 0 Å². The van der Waals surface area contributed by atoms with Crippen LogP contribution in [0.1, 0.15) is 21.5 Å². The molecule has 2 rings (SSSR count). The number of ether oxygens (including phenoxy) is 1. The second kappa shape index (κ2) is 6.59. The van der Waals surface area contributed by atoms with Crippen molar-refractivity contribution in [1.82, 2.24) is 0 Å². The predicted molar refractivity (Wildman–Crippen MR) is 86.9 cm³/mol. The second-order valence-corrected chi connectivity index (χ2v) is 5.47. The van der Waals surface area contributed by atoms with Gasteiger partial charge in [0.15, 0.2) is 5.78 Å². The van der Waals surface area contributed by atoms with E-state index in [1.54, 1.807) is 25.3 Å². The number of aromatic hydroxyl groups is 1. The first-order valence-corrected chi connectivity index (χ1v) is 7.16. The van der Waals surface area contributed by atoms with E-state index in [2.05, 4.69) is 15.9 Å². The molecular formula is C17H15BrO3. The van der Waals surface area contributed by atoms with Gasteiger partial charge in [-0.1, -0.05) is 23.8 Å². The number of carbonyl (C=O) groups excluding carboxylic acids is 1. The SMILES string of the molecule is COc1ccc(/C=C/C(=O)c2cc(C)ccc2O)cc1Br. The maximum absolute atomic E-state index is 12.1. The number of carbonyl (C=O) groups is 1. The minimum Gasteiger partial charge on any atom is -0.507 e. The van der Waals surface area contributed by atoms with Crippen molar-refractivity contribution < 1.29 is 14.6 Å². The summed E-state index contributed by atoms with van der Waals surface area (Å²) in [6.07, 6.45) is 3.15. The van der Waals surface area contributed by atoms with Crippen LogP contribution in [0.2, 0.25) is 0 Å². The summed E-state index contributed by atoms with van der Waals surface area (Å²) in [4.78, 5) is 12.1. The number of benzene rings is 2. The normalized spacial score (nSPS) is 10.8. The van der Waals surface area contributed by atoms with Crippen molar-refractivity contribution in [3.63, 3.8) is 0 Å². The average Bonchev–Trinajstić information content (AvgIpc) is 2.47. The van der Waals surface area contributed by atoms with Crippen molar-refractivity contribution >= 4 is 27.8 Å². The zero-order valence-electron chi connectivity index (χ0n) is 11.8. The number of phenols is 1. The van der Waals surface area contributed by atoms with E-state index in [4.69, 9.17) is 4.74 Å². The van der Waals surface area contributed by atoms with Gasteiger partial charge < -0.3 is 9.84 Å². The van der Waals surface area contributed by atoms with Crippen LogP contribution in [0.3, 0.4) is 0 Å². The molecule has 21 heavy (non-hydrogen) atoms. The molecule has 0 saturated heterocycles. The molecule has 0 atom stereocenters. The van der Waals surface area contributed by atoms with E-state index in [1.165, 1.54) is 12.1 Å². The van der Waals surface area contributed by atoms with E-state index >= 15 is 0 Å². The highest BCUT2D eigenvalue weighted by Gasteiger charge is 2.08. The number of phenolic OH excluding ortho intramolecular Hbond substituents is 1. The fourth-order valence-electron chi connectivity index (χ4n) is 1.90. The van der Waals surface area contributed by atoms with Crippen LogP contribution in [-0.4, -0.2) is 18.0 Å². The van der Waals surface area contributed by atoms with Crippen LogP contribution in [0.25, 0.3) is 6.08 Å². The molecule has 1 N–H and O–H groups in total. The van der Waals surface area contributed by atoms with Gasteiger partial charge in [0.25, 0.3) is 0 Å². The molecule has 0 unspecified atom stereocenters. The third-order valence-corrected chi connectivity index (χ3v) is 3.64. The number of hydrogen-bond acceptors (Lipinski definition) is 3. The van der Waals surface area contributed by atoms with Gasteiger partial charge in [0.1, 0.15) is 11.5 Å². The summed E-state index contributed by atoms with van der Waals surface area (Å²) in [5.74, 6) is 0.490. The number of hydrogen-bond donors (Lipinski definition) is 1. The summed E-state index contributed by atoms with van der Waals surface area (Å²) in [7, 11) is 1.60. The number of allylic oxidation sites excluding steroid dienone is 1. The average molecular weight is 347 g/mol. The number of methoxy groups -OCH3 is 1. The molecule has 3 nitrogen and oxygen atoms in total. The van der Waals surface area contributed by atoms with E-state index in [1.807, 2.05) is 25.1 Å². The van der Waals surface area contributed by atoms with Crippen molar-refractivity contribution in [2.45, 2.75) is 6.92 Å². The molecule has 0 aliphatic rings. The Hall–Kier alpha value is -2.07. The molecule has 4 heteroatoms. The molecule has 0 aliphatic carbocycles. The van der Waals surface area contributed by atoms with Gasteiger partial charge >= 0.3 is 0 Å². The molecule has 2 aromatic rings. The van der Waals surface area contributed by atoms with Crippen molar-refractivity contribution in [1.29, 1.82) is 0 Å². The third kappa shape index (κ3) is 3.73. The minimum atomic E-state index is -0.233. The number of rotatable bonds is 4. The molecule has 0 fully saturated rings. The maximum atomic E-state index is 12.1. The van der Waals surface area contributed by atoms with Gasteiger partial charge in [-0.25, -0.2) is 0 Å². The minimum absolute atomic E-state index is 0.00818. The van der Waals surface area contributed by atoms with Crippen LogP contribution in [0.4, 0.5) is 0 Å². The molecule has 0 amide bonds. The Kier molecular flexibility index (Phi) is 4.81. The predicted octanol–water partition coefficient (Wildman–Crippen LogP) is 4.37. The summed E-state index contributed by atoms with van der Waals surface area (Å²) in [6, 6.07) is 10.5. The Bertz CT molecular complexity index is 705. The topological polar surface area (TPSA) is 46.5 Å². The first-order valence-electron chi connectivity index (χ1n) is 6.37. The lowest BCUT2D eigenvalue weighted by molar-refractivity contribution is 0.104. The molecule has 0 aliphatic heterocycles. The molecule has 108 valence electrons. The van der Waals surface area contributed by atoms with Crippen molar-refractivity contribution in [3.8, 4) is 11.5 Å². The number of ketones is 1. The van der Waals surface area contributed by atoms with Crippen molar-refractivity contribution in [2.75, 3.05) is 7.11 Å². The molecule has 0 aromatic heterocycles. The largest absolute Gasteiger partial charge is 0.507 e. The van der Waals surface area contributed by atoms with Crippen LogP contribution in [0, 0.1) is 6.92 Å². The van der Waals surface area contributed by atoms with Crippen LogP contribution >= 0.6 is 15.9 Å². The van der Waals surface area contributed by atoms with Crippen molar-refractivity contribution in [2.24, 2.45) is 0 Å². The lowest BCUT2D eigenvalue weighted by atomic mass is 10.1. The maximum Gasteiger partial charge on any atom is 0.189 e. The molecule has 0 bridgehead atoms. The standard InChI is InChI=1S/C17H15BrO3/c1-11-3-6-15(19)13(9-11)16(20)7-4-12-5-8-17(21-2)14(18)10-12/h3-10,19H,1-2H3/b7-4+. The lowest BCUT2D eigenvalue weighted by Crippen LogP contribution is -1.95. The van der Waals surface area contributed by atoms with Crippen LogP contribution in [-0.2, 0) is 0 Å². The molecule has 0 spiro atoms. The monoisotopic (exact) mass is 346 g/mol. The smallest absolute Gasteiger partial charge is 0.189 e. The first kappa shape index (κ1) is 15.3. The van der Waals surface area contributed by atoms with Crippen LogP contribution < -0.4 is 4.74 Å². The highest BCUT2D eigenvalue weighted by Crippen LogP contribution is 2.26. The summed E-state index contributed by atoms with van der Waals surface area (Å²) in [5.41, 5.74) is 2.10. The van der Waals surface area contributed by atoms with E-state index < -0.39 is 0 Å². The Morgan fingerprint density at radius 3 is 2.67 bits per heavy atom. The van der Waals surface area contributed by atoms with Crippen LogP contribution in [0.15, 0.2) is 46.9 Å². The van der Waals surface area contributed by atoms with E-state index in [0.717, 1.165) is 21.3 Å². The first-order chi connectivity index (χ1) is 10.0. The lowest BCUT2D eigenvalue weighted by Gasteiger charge is -2.04. The summed E-state index contributed by atoms with van der Waals surface area (Å²) in [5, 5.41) is 9.74. The van der Waals surface area contributed by atoms with Gasteiger partial charge in [0, 0.05) is 0 Å². The molecular weight excluding hydrogens is 332 g/mol. The van der Waals surface area contributed by atoms with Gasteiger partial charge in [0.05, 0.1) is 17.1 Å². The summed E-state index contributed by atoms with van der Waals surface area (Å²) >= 11 is 3.40.